The van der Waals surface area contributed by atoms with Crippen molar-refractivity contribution in [3.05, 3.63) is 88.9 Å². The number of amides is 1. The number of carbonyl (C=O) groups is 1. The molecule has 1 fully saturated rings. The minimum Gasteiger partial charge on any atom is -0.495 e. The number of rotatable bonds is 8. The second kappa shape index (κ2) is 11.8. The second-order valence-electron chi connectivity index (χ2n) is 8.97. The van der Waals surface area contributed by atoms with Gasteiger partial charge >= 0.3 is 6.18 Å². The predicted molar refractivity (Wildman–Crippen MR) is 142 cm³/mol. The fourth-order valence-electron chi connectivity index (χ4n) is 4.35. The lowest BCUT2D eigenvalue weighted by Gasteiger charge is -2.37. The van der Waals surface area contributed by atoms with Gasteiger partial charge in [-0.2, -0.15) is 17.5 Å². The van der Waals surface area contributed by atoms with Crippen LogP contribution in [0.3, 0.4) is 0 Å². The minimum atomic E-state index is -4.45. The number of benzene rings is 3. The molecule has 4 rings (SSSR count). The van der Waals surface area contributed by atoms with Crippen LogP contribution in [0.25, 0.3) is 0 Å². The van der Waals surface area contributed by atoms with Crippen LogP contribution in [0, 0.1) is 0 Å². The van der Waals surface area contributed by atoms with Gasteiger partial charge in [0.2, 0.25) is 15.9 Å². The lowest BCUT2D eigenvalue weighted by atomic mass is 10.1. The molecule has 1 aliphatic heterocycles. The summed E-state index contributed by atoms with van der Waals surface area (Å²) in [7, 11) is -2.87. The smallest absolute Gasteiger partial charge is 0.416 e. The van der Waals surface area contributed by atoms with Crippen molar-refractivity contribution in [3.8, 4) is 5.75 Å². The van der Waals surface area contributed by atoms with E-state index in [9.17, 15) is 26.4 Å². The number of nitrogens with zero attached hydrogens (tertiary/aromatic N) is 3. The molecule has 0 aromatic heterocycles. The molecule has 1 amide bonds. The van der Waals surface area contributed by atoms with Gasteiger partial charge in [0.25, 0.3) is 0 Å². The first-order valence-electron chi connectivity index (χ1n) is 12.1. The first-order chi connectivity index (χ1) is 18.5. The summed E-state index contributed by atoms with van der Waals surface area (Å²) in [6, 6.07) is 18.2. The zero-order valence-electron chi connectivity index (χ0n) is 21.1. The Morgan fingerprint density at radius 1 is 0.974 bits per heavy atom. The molecule has 0 atom stereocenters. The van der Waals surface area contributed by atoms with E-state index in [0.29, 0.717) is 24.3 Å². The SMILES string of the molecule is COc1ccc(Cl)cc1S(=O)(=O)N(CC(=O)N1CCN(c2cccc(C(F)(F)F)c2)CC1)Cc1ccccc1. The maximum absolute atomic E-state index is 13.8. The zero-order valence-corrected chi connectivity index (χ0v) is 22.6. The second-order valence-corrected chi connectivity index (χ2v) is 11.3. The van der Waals surface area contributed by atoms with E-state index >= 15 is 0 Å². The van der Waals surface area contributed by atoms with Crippen LogP contribution in [-0.4, -0.2) is 63.4 Å². The first-order valence-corrected chi connectivity index (χ1v) is 13.9. The maximum Gasteiger partial charge on any atom is 0.416 e. The van der Waals surface area contributed by atoms with Crippen molar-refractivity contribution in [2.75, 3.05) is 44.7 Å². The Bertz CT molecular complexity index is 1410. The maximum atomic E-state index is 13.8. The van der Waals surface area contributed by atoms with E-state index in [0.717, 1.165) is 16.4 Å². The lowest BCUT2D eigenvalue weighted by molar-refractivity contribution is -0.137. The monoisotopic (exact) mass is 581 g/mol. The Balaban J connectivity index is 1.52. The third-order valence-electron chi connectivity index (χ3n) is 6.43. The molecule has 12 heteroatoms. The number of anilines is 1. The number of methoxy groups -OCH3 is 1. The average Bonchev–Trinajstić information content (AvgIpc) is 2.93. The van der Waals surface area contributed by atoms with Crippen molar-refractivity contribution in [3.63, 3.8) is 0 Å². The molecule has 3 aromatic carbocycles. The van der Waals surface area contributed by atoms with Gasteiger partial charge in [-0.1, -0.05) is 48.0 Å². The van der Waals surface area contributed by atoms with Crippen molar-refractivity contribution in [1.82, 2.24) is 9.21 Å². The van der Waals surface area contributed by atoms with Crippen LogP contribution in [0.5, 0.6) is 5.75 Å². The zero-order chi connectivity index (χ0) is 28.2. The van der Waals surface area contributed by atoms with Crippen molar-refractivity contribution in [2.45, 2.75) is 17.6 Å². The number of ether oxygens (including phenoxy) is 1. The Morgan fingerprint density at radius 2 is 1.67 bits per heavy atom. The van der Waals surface area contributed by atoms with Crippen LogP contribution in [-0.2, 0) is 27.5 Å². The van der Waals surface area contributed by atoms with E-state index in [-0.39, 0.29) is 35.3 Å². The van der Waals surface area contributed by atoms with E-state index in [1.54, 1.807) is 41.3 Å². The molecule has 0 spiro atoms. The van der Waals surface area contributed by atoms with Gasteiger partial charge in [0.1, 0.15) is 10.6 Å². The van der Waals surface area contributed by atoms with Gasteiger partial charge in [-0.3, -0.25) is 4.79 Å². The molecule has 0 bridgehead atoms. The topological polar surface area (TPSA) is 70.2 Å². The predicted octanol–water partition coefficient (Wildman–Crippen LogP) is 4.91. The van der Waals surface area contributed by atoms with E-state index in [1.807, 2.05) is 0 Å². The van der Waals surface area contributed by atoms with Gasteiger partial charge in [-0.25, -0.2) is 8.42 Å². The van der Waals surface area contributed by atoms with Crippen molar-refractivity contribution >= 4 is 33.2 Å². The average molecular weight is 582 g/mol. The van der Waals surface area contributed by atoms with Gasteiger partial charge in [-0.05, 0) is 42.0 Å². The van der Waals surface area contributed by atoms with Crippen LogP contribution < -0.4 is 9.64 Å². The molecule has 1 aliphatic rings. The highest BCUT2D eigenvalue weighted by atomic mass is 35.5. The molecular formula is C27H27ClF3N3O4S. The first kappa shape index (κ1) is 28.7. The molecular weight excluding hydrogens is 555 g/mol. The van der Waals surface area contributed by atoms with Crippen LogP contribution in [0.15, 0.2) is 77.7 Å². The molecule has 7 nitrogen and oxygen atoms in total. The fourth-order valence-corrected chi connectivity index (χ4v) is 6.14. The fraction of sp³-hybridized carbons (Fsp3) is 0.296. The number of carbonyl (C=O) groups excluding carboxylic acids is 1. The van der Waals surface area contributed by atoms with Crippen LogP contribution in [0.1, 0.15) is 11.1 Å². The molecule has 0 unspecified atom stereocenters. The molecule has 0 saturated carbocycles. The van der Waals surface area contributed by atoms with E-state index in [1.165, 1.54) is 36.3 Å². The molecule has 208 valence electrons. The summed E-state index contributed by atoms with van der Waals surface area (Å²) in [5.41, 5.74) is 0.360. The summed E-state index contributed by atoms with van der Waals surface area (Å²) in [5, 5.41) is 0.200. The van der Waals surface area contributed by atoms with Gasteiger partial charge < -0.3 is 14.5 Å². The standard InChI is InChI=1S/C27H27ClF3N3O4S/c1-38-24-11-10-22(28)17-25(24)39(36,37)34(18-20-6-3-2-4-7-20)19-26(35)33-14-12-32(13-15-33)23-9-5-8-21(16-23)27(29,30)31/h2-11,16-17H,12-15,18-19H2,1H3. The normalized spacial score (nSPS) is 14.5. The third kappa shape index (κ3) is 6.84. The van der Waals surface area contributed by atoms with Crippen LogP contribution in [0.4, 0.5) is 18.9 Å². The summed E-state index contributed by atoms with van der Waals surface area (Å²) < 4.78 is 73.2. The number of hydrogen-bond acceptors (Lipinski definition) is 5. The molecule has 39 heavy (non-hydrogen) atoms. The number of alkyl halides is 3. The molecule has 0 N–H and O–H groups in total. The summed E-state index contributed by atoms with van der Waals surface area (Å²) in [4.78, 5) is 16.5. The van der Waals surface area contributed by atoms with E-state index in [2.05, 4.69) is 0 Å². The molecule has 1 heterocycles. The summed E-state index contributed by atoms with van der Waals surface area (Å²) >= 11 is 6.09. The van der Waals surface area contributed by atoms with Crippen molar-refractivity contribution in [2.24, 2.45) is 0 Å². The summed E-state index contributed by atoms with van der Waals surface area (Å²) in [6.45, 7) is 0.579. The van der Waals surface area contributed by atoms with Gasteiger partial charge in [-0.15, -0.1) is 0 Å². The van der Waals surface area contributed by atoms with Crippen LogP contribution >= 0.6 is 11.6 Å². The molecule has 0 aliphatic carbocycles. The van der Waals surface area contributed by atoms with Gasteiger partial charge in [0, 0.05) is 43.4 Å². The largest absolute Gasteiger partial charge is 0.495 e. The Hall–Kier alpha value is -3.28. The highest BCUT2D eigenvalue weighted by Crippen LogP contribution is 2.33. The van der Waals surface area contributed by atoms with Gasteiger partial charge in [0.15, 0.2) is 0 Å². The summed E-state index contributed by atoms with van der Waals surface area (Å²) in [5.74, 6) is -0.321. The molecule has 1 saturated heterocycles. The number of piperazine rings is 1. The Labute approximate surface area is 230 Å². The molecule has 0 radical (unpaired) electrons. The Kier molecular flexibility index (Phi) is 8.73. The van der Waals surface area contributed by atoms with Crippen molar-refractivity contribution < 1.29 is 31.1 Å². The minimum absolute atomic E-state index is 0.0607. The van der Waals surface area contributed by atoms with E-state index in [4.69, 9.17) is 16.3 Å². The number of halogens is 4. The lowest BCUT2D eigenvalue weighted by Crippen LogP contribution is -2.51. The number of hydrogen-bond donors (Lipinski definition) is 0. The quantitative estimate of drug-likeness (QED) is 0.378. The highest BCUT2D eigenvalue weighted by molar-refractivity contribution is 7.89. The van der Waals surface area contributed by atoms with Gasteiger partial charge in [0.05, 0.1) is 19.2 Å². The Morgan fingerprint density at radius 3 is 2.31 bits per heavy atom. The number of sulfonamides is 1. The van der Waals surface area contributed by atoms with Crippen LogP contribution in [0.2, 0.25) is 5.02 Å². The third-order valence-corrected chi connectivity index (χ3v) is 8.48. The van der Waals surface area contributed by atoms with E-state index < -0.39 is 34.2 Å². The highest BCUT2D eigenvalue weighted by Gasteiger charge is 2.33. The summed E-state index contributed by atoms with van der Waals surface area (Å²) in [6.07, 6.45) is -4.45. The molecule has 3 aromatic rings. The van der Waals surface area contributed by atoms with Crippen molar-refractivity contribution in [1.29, 1.82) is 0 Å².